The zero-order valence-electron chi connectivity index (χ0n) is 12.3. The van der Waals surface area contributed by atoms with Crippen molar-refractivity contribution in [3.63, 3.8) is 0 Å². The number of rotatable bonds is 6. The van der Waals surface area contributed by atoms with E-state index in [1.807, 2.05) is 36.7 Å². The Kier molecular flexibility index (Phi) is 5.13. The molecular weight excluding hydrogens is 248 g/mol. The fourth-order valence-electron chi connectivity index (χ4n) is 2.44. The van der Waals surface area contributed by atoms with Gasteiger partial charge in [0, 0.05) is 24.5 Å². The molecule has 0 saturated carbocycles. The molecule has 0 bridgehead atoms. The molecule has 106 valence electrons. The minimum absolute atomic E-state index is 0.308. The van der Waals surface area contributed by atoms with Crippen LogP contribution >= 0.6 is 0 Å². The highest BCUT2D eigenvalue weighted by Crippen LogP contribution is 2.20. The number of nitrogens with zero attached hydrogens (tertiary/aromatic N) is 1. The Morgan fingerprint density at radius 1 is 1.10 bits per heavy atom. The van der Waals surface area contributed by atoms with Crippen molar-refractivity contribution in [2.24, 2.45) is 0 Å². The van der Waals surface area contributed by atoms with Gasteiger partial charge in [0.15, 0.2) is 0 Å². The van der Waals surface area contributed by atoms with E-state index in [9.17, 15) is 0 Å². The van der Waals surface area contributed by atoms with E-state index < -0.39 is 0 Å². The van der Waals surface area contributed by atoms with Crippen LogP contribution in [0, 0.1) is 0 Å². The van der Waals surface area contributed by atoms with Crippen molar-refractivity contribution in [3.05, 3.63) is 59.9 Å². The molecule has 0 aliphatic rings. The van der Waals surface area contributed by atoms with Crippen LogP contribution in [0.3, 0.4) is 0 Å². The van der Waals surface area contributed by atoms with Crippen molar-refractivity contribution in [1.29, 1.82) is 0 Å². The quantitative estimate of drug-likeness (QED) is 0.874. The lowest BCUT2D eigenvalue weighted by atomic mass is 10.0. The van der Waals surface area contributed by atoms with Gasteiger partial charge in [0.2, 0.25) is 0 Å². The van der Waals surface area contributed by atoms with E-state index in [0.29, 0.717) is 12.1 Å². The van der Waals surface area contributed by atoms with Crippen LogP contribution in [0.2, 0.25) is 0 Å². The molecule has 1 aromatic carbocycles. The summed E-state index contributed by atoms with van der Waals surface area (Å²) in [6.45, 7) is 4.37. The number of ether oxygens (including phenoxy) is 1. The number of aromatic nitrogens is 1. The molecule has 1 aromatic heterocycles. The third kappa shape index (κ3) is 3.81. The van der Waals surface area contributed by atoms with E-state index in [4.69, 9.17) is 4.74 Å². The molecule has 0 spiro atoms. The number of hydrogen-bond donors (Lipinski definition) is 1. The van der Waals surface area contributed by atoms with Crippen LogP contribution in [0.15, 0.2) is 48.8 Å². The minimum atomic E-state index is 0.308. The maximum absolute atomic E-state index is 5.40. The molecule has 0 aliphatic heterocycles. The smallest absolute Gasteiger partial charge is 0.122 e. The Hall–Kier alpha value is -1.87. The fourth-order valence-corrected chi connectivity index (χ4v) is 2.44. The van der Waals surface area contributed by atoms with Gasteiger partial charge in [-0.1, -0.05) is 18.2 Å². The van der Waals surface area contributed by atoms with E-state index in [1.54, 1.807) is 7.11 Å². The summed E-state index contributed by atoms with van der Waals surface area (Å²) in [5, 5.41) is 3.61. The van der Waals surface area contributed by atoms with E-state index in [2.05, 4.69) is 36.3 Å². The van der Waals surface area contributed by atoms with Crippen molar-refractivity contribution < 1.29 is 4.74 Å². The second-order valence-corrected chi connectivity index (χ2v) is 5.09. The molecule has 3 heteroatoms. The SMILES string of the molecule is COc1ccccc1CC(C)NC(C)c1ccncc1. The third-order valence-electron chi connectivity index (χ3n) is 3.46. The molecule has 0 fully saturated rings. The molecule has 2 atom stereocenters. The first-order valence-electron chi connectivity index (χ1n) is 6.98. The number of pyridine rings is 1. The summed E-state index contributed by atoms with van der Waals surface area (Å²) in [5.74, 6) is 0.956. The maximum Gasteiger partial charge on any atom is 0.122 e. The second kappa shape index (κ2) is 7.06. The van der Waals surface area contributed by atoms with Gasteiger partial charge in [-0.05, 0) is 49.6 Å². The predicted octanol–water partition coefficient (Wildman–Crippen LogP) is 3.37. The maximum atomic E-state index is 5.40. The van der Waals surface area contributed by atoms with Crippen molar-refractivity contribution in [2.45, 2.75) is 32.4 Å². The molecule has 0 saturated heterocycles. The normalized spacial score (nSPS) is 13.8. The van der Waals surface area contributed by atoms with Gasteiger partial charge in [0.05, 0.1) is 7.11 Å². The van der Waals surface area contributed by atoms with Crippen LogP contribution in [0.1, 0.15) is 31.0 Å². The van der Waals surface area contributed by atoms with Gasteiger partial charge in [-0.2, -0.15) is 0 Å². The summed E-state index contributed by atoms with van der Waals surface area (Å²) < 4.78 is 5.40. The molecule has 1 N–H and O–H groups in total. The van der Waals surface area contributed by atoms with E-state index in [-0.39, 0.29) is 0 Å². The largest absolute Gasteiger partial charge is 0.496 e. The topological polar surface area (TPSA) is 34.1 Å². The lowest BCUT2D eigenvalue weighted by molar-refractivity contribution is 0.403. The molecule has 2 unspecified atom stereocenters. The van der Waals surface area contributed by atoms with Crippen LogP contribution in [-0.4, -0.2) is 18.1 Å². The van der Waals surface area contributed by atoms with Gasteiger partial charge in [-0.25, -0.2) is 0 Å². The number of para-hydroxylation sites is 1. The lowest BCUT2D eigenvalue weighted by Crippen LogP contribution is -2.30. The van der Waals surface area contributed by atoms with E-state index in [1.165, 1.54) is 11.1 Å². The van der Waals surface area contributed by atoms with Gasteiger partial charge in [0.25, 0.3) is 0 Å². The van der Waals surface area contributed by atoms with Gasteiger partial charge >= 0.3 is 0 Å². The van der Waals surface area contributed by atoms with Crippen LogP contribution in [-0.2, 0) is 6.42 Å². The molecular formula is C17H22N2O. The lowest BCUT2D eigenvalue weighted by Gasteiger charge is -2.21. The fraction of sp³-hybridized carbons (Fsp3) is 0.353. The van der Waals surface area contributed by atoms with Gasteiger partial charge < -0.3 is 10.1 Å². The number of methoxy groups -OCH3 is 1. The highest BCUT2D eigenvalue weighted by atomic mass is 16.5. The summed E-state index contributed by atoms with van der Waals surface area (Å²) in [7, 11) is 1.72. The van der Waals surface area contributed by atoms with Crippen molar-refractivity contribution >= 4 is 0 Å². The summed E-state index contributed by atoms with van der Waals surface area (Å²) >= 11 is 0. The first kappa shape index (κ1) is 14.5. The highest BCUT2D eigenvalue weighted by molar-refractivity contribution is 5.33. The van der Waals surface area contributed by atoms with Crippen molar-refractivity contribution in [3.8, 4) is 5.75 Å². The highest BCUT2D eigenvalue weighted by Gasteiger charge is 2.11. The first-order chi connectivity index (χ1) is 9.70. The molecule has 1 heterocycles. The van der Waals surface area contributed by atoms with E-state index in [0.717, 1.165) is 12.2 Å². The Morgan fingerprint density at radius 2 is 1.80 bits per heavy atom. The zero-order valence-corrected chi connectivity index (χ0v) is 12.3. The molecule has 2 aromatic rings. The summed E-state index contributed by atoms with van der Waals surface area (Å²) in [6.07, 6.45) is 4.61. The molecule has 3 nitrogen and oxygen atoms in total. The zero-order chi connectivity index (χ0) is 14.4. The van der Waals surface area contributed by atoms with Crippen LogP contribution in [0.5, 0.6) is 5.75 Å². The molecule has 2 rings (SSSR count). The van der Waals surface area contributed by atoms with Gasteiger partial charge in [0.1, 0.15) is 5.75 Å². The van der Waals surface area contributed by atoms with Crippen LogP contribution in [0.4, 0.5) is 0 Å². The average molecular weight is 270 g/mol. The monoisotopic (exact) mass is 270 g/mol. The first-order valence-corrected chi connectivity index (χ1v) is 6.98. The summed E-state index contributed by atoms with van der Waals surface area (Å²) in [6, 6.07) is 13.0. The van der Waals surface area contributed by atoms with Gasteiger partial charge in [-0.3, -0.25) is 4.98 Å². The minimum Gasteiger partial charge on any atom is -0.496 e. The van der Waals surface area contributed by atoms with E-state index >= 15 is 0 Å². The predicted molar refractivity (Wildman–Crippen MR) is 81.9 cm³/mol. The van der Waals surface area contributed by atoms with Gasteiger partial charge in [-0.15, -0.1) is 0 Å². The molecule has 0 radical (unpaired) electrons. The third-order valence-corrected chi connectivity index (χ3v) is 3.46. The Bertz CT molecular complexity index is 528. The van der Waals surface area contributed by atoms with Crippen LogP contribution < -0.4 is 10.1 Å². The Morgan fingerprint density at radius 3 is 2.50 bits per heavy atom. The molecule has 20 heavy (non-hydrogen) atoms. The Labute approximate surface area is 121 Å². The van der Waals surface area contributed by atoms with Crippen LogP contribution in [0.25, 0.3) is 0 Å². The van der Waals surface area contributed by atoms with Crippen molar-refractivity contribution in [1.82, 2.24) is 10.3 Å². The number of nitrogens with one attached hydrogen (secondary N) is 1. The number of benzene rings is 1. The van der Waals surface area contributed by atoms with Crippen molar-refractivity contribution in [2.75, 3.05) is 7.11 Å². The molecule has 0 amide bonds. The molecule has 0 aliphatic carbocycles. The standard InChI is InChI=1S/C17H22N2O/c1-13(12-16-6-4-5-7-17(16)20-3)19-14(2)15-8-10-18-11-9-15/h4-11,13-14,19H,12H2,1-3H3. The Balaban J connectivity index is 1.97. The second-order valence-electron chi connectivity index (χ2n) is 5.09. The average Bonchev–Trinajstić information content (AvgIpc) is 2.48. The number of hydrogen-bond acceptors (Lipinski definition) is 3. The summed E-state index contributed by atoms with van der Waals surface area (Å²) in [4.78, 5) is 4.05. The summed E-state index contributed by atoms with van der Waals surface area (Å²) in [5.41, 5.74) is 2.49.